The van der Waals surface area contributed by atoms with Crippen molar-refractivity contribution in [2.24, 2.45) is 0 Å². The largest absolute Gasteiger partial charge is 0.394 e. The predicted octanol–water partition coefficient (Wildman–Crippen LogP) is -0.195. The minimum atomic E-state index is -1.27. The van der Waals surface area contributed by atoms with Crippen LogP contribution in [0.15, 0.2) is 58.3 Å². The number of aliphatic hydroxyl groups is 2. The average Bonchev–Trinajstić information content (AvgIpc) is 3.08. The van der Waals surface area contributed by atoms with E-state index in [-0.39, 0.29) is 0 Å². The third kappa shape index (κ3) is 4.03. The number of carbonyl (C=O) groups is 1. The zero-order valence-corrected chi connectivity index (χ0v) is 17.6. The number of aliphatic hydroxyl groups excluding tert-OH is 2. The monoisotopic (exact) mass is 440 g/mol. The number of nitrogens with zero attached hydrogens (tertiary/aromatic N) is 2. The third-order valence-electron chi connectivity index (χ3n) is 5.58. The van der Waals surface area contributed by atoms with Crippen molar-refractivity contribution in [2.75, 3.05) is 25.6 Å². The first kappa shape index (κ1) is 21.8. The van der Waals surface area contributed by atoms with Gasteiger partial charge in [-0.05, 0) is 35.0 Å². The number of fused-ring (bicyclic) bond motifs is 1. The van der Waals surface area contributed by atoms with E-state index in [1.54, 1.807) is 12.1 Å². The molecular formula is C22H24N4O6. The molecule has 0 unspecified atom stereocenters. The maximum atomic E-state index is 13.0. The first-order valence-corrected chi connectivity index (χ1v) is 10.1. The van der Waals surface area contributed by atoms with Gasteiger partial charge in [-0.15, -0.1) is 0 Å². The number of amides is 1. The molecule has 0 saturated carbocycles. The number of hydrogen-bond donors (Lipinski definition) is 4. The number of anilines is 1. The standard InChI is InChI=1S/C22H24N4O6/c1-25(2)15-6-5-12-9-14(4-3-13(12)10-15)20(30)24-18-19(29)16(11-27)32-21(18)26-8-7-17(28)23-22(26)31/h3-10,16,18-19,21,27,29H,11H2,1-2H3,(H,24,30)(H,23,28,31)/t16-,18-,19-,21-/m1/s1. The molecule has 2 aromatic carbocycles. The second kappa shape index (κ2) is 8.58. The van der Waals surface area contributed by atoms with Gasteiger partial charge in [-0.3, -0.25) is 19.1 Å². The zero-order chi connectivity index (χ0) is 23.0. The first-order chi connectivity index (χ1) is 15.3. The van der Waals surface area contributed by atoms with Crippen LogP contribution in [-0.4, -0.2) is 64.6 Å². The van der Waals surface area contributed by atoms with Crippen LogP contribution in [0, 0.1) is 0 Å². The Kier molecular flexibility index (Phi) is 5.83. The molecule has 1 saturated heterocycles. The summed E-state index contributed by atoms with van der Waals surface area (Å²) in [5, 5.41) is 24.6. The topological polar surface area (TPSA) is 137 Å². The Hall–Kier alpha value is -3.47. The molecule has 32 heavy (non-hydrogen) atoms. The summed E-state index contributed by atoms with van der Waals surface area (Å²) in [7, 11) is 3.89. The Balaban J connectivity index is 1.62. The quantitative estimate of drug-likeness (QED) is 0.431. The van der Waals surface area contributed by atoms with E-state index >= 15 is 0 Å². The molecule has 1 amide bonds. The summed E-state index contributed by atoms with van der Waals surface area (Å²) >= 11 is 0. The minimum Gasteiger partial charge on any atom is -0.394 e. The number of aromatic amines is 1. The molecule has 2 heterocycles. The van der Waals surface area contributed by atoms with Gasteiger partial charge in [0.1, 0.15) is 18.2 Å². The van der Waals surface area contributed by atoms with Crippen LogP contribution in [-0.2, 0) is 4.74 Å². The molecule has 0 spiro atoms. The highest BCUT2D eigenvalue weighted by Crippen LogP contribution is 2.29. The maximum absolute atomic E-state index is 13.0. The molecule has 1 aliphatic heterocycles. The smallest absolute Gasteiger partial charge is 0.330 e. The van der Waals surface area contributed by atoms with Gasteiger partial charge in [0, 0.05) is 37.6 Å². The fourth-order valence-electron chi connectivity index (χ4n) is 3.81. The SMILES string of the molecule is CN(C)c1ccc2cc(C(=O)N[C@@H]3[C@H](O)[C@@H](CO)O[C@H]3n3ccc(=O)[nH]c3=O)ccc2c1. The number of carbonyl (C=O) groups excluding carboxylic acids is 1. The van der Waals surface area contributed by atoms with Gasteiger partial charge in [0.25, 0.3) is 11.5 Å². The van der Waals surface area contributed by atoms with Gasteiger partial charge >= 0.3 is 5.69 Å². The van der Waals surface area contributed by atoms with Crippen molar-refractivity contribution in [3.63, 3.8) is 0 Å². The molecular weight excluding hydrogens is 416 g/mol. The number of aromatic nitrogens is 2. The Bertz CT molecular complexity index is 1270. The highest BCUT2D eigenvalue weighted by molar-refractivity contribution is 5.99. The van der Waals surface area contributed by atoms with Crippen LogP contribution in [0.5, 0.6) is 0 Å². The van der Waals surface area contributed by atoms with Crippen molar-refractivity contribution in [2.45, 2.75) is 24.5 Å². The number of H-pyrrole nitrogens is 1. The highest BCUT2D eigenvalue weighted by Gasteiger charge is 2.45. The zero-order valence-electron chi connectivity index (χ0n) is 17.6. The van der Waals surface area contributed by atoms with Crippen molar-refractivity contribution >= 4 is 22.4 Å². The Morgan fingerprint density at radius 2 is 1.88 bits per heavy atom. The number of benzene rings is 2. The molecule has 0 aliphatic carbocycles. The van der Waals surface area contributed by atoms with Crippen LogP contribution in [0.3, 0.4) is 0 Å². The van der Waals surface area contributed by atoms with Crippen molar-refractivity contribution in [1.29, 1.82) is 0 Å². The van der Waals surface area contributed by atoms with E-state index in [1.165, 1.54) is 6.20 Å². The summed E-state index contributed by atoms with van der Waals surface area (Å²) in [5.74, 6) is -0.475. The fourth-order valence-corrected chi connectivity index (χ4v) is 3.81. The van der Waals surface area contributed by atoms with Crippen molar-refractivity contribution in [3.05, 3.63) is 75.1 Å². The summed E-state index contributed by atoms with van der Waals surface area (Å²) in [6.07, 6.45) is -2.17. The fraction of sp³-hybridized carbons (Fsp3) is 0.318. The minimum absolute atomic E-state index is 0.363. The van der Waals surface area contributed by atoms with Gasteiger partial charge in [-0.2, -0.15) is 0 Å². The lowest BCUT2D eigenvalue weighted by molar-refractivity contribution is -0.0468. The molecule has 10 nitrogen and oxygen atoms in total. The molecule has 0 bridgehead atoms. The summed E-state index contributed by atoms with van der Waals surface area (Å²) in [6, 6.07) is 11.2. The van der Waals surface area contributed by atoms with Gasteiger partial charge in [0.05, 0.1) is 6.61 Å². The van der Waals surface area contributed by atoms with Gasteiger partial charge in [0.2, 0.25) is 0 Å². The lowest BCUT2D eigenvalue weighted by Gasteiger charge is -2.23. The molecule has 4 rings (SSSR count). The molecule has 1 fully saturated rings. The van der Waals surface area contributed by atoms with E-state index in [2.05, 4.69) is 10.3 Å². The van der Waals surface area contributed by atoms with Gasteiger partial charge in [-0.1, -0.05) is 12.1 Å². The Morgan fingerprint density at radius 3 is 2.56 bits per heavy atom. The van der Waals surface area contributed by atoms with E-state index in [0.29, 0.717) is 5.56 Å². The van der Waals surface area contributed by atoms with E-state index in [1.807, 2.05) is 43.3 Å². The molecule has 4 N–H and O–H groups in total. The second-order valence-electron chi connectivity index (χ2n) is 7.90. The normalized spacial score (nSPS) is 22.8. The predicted molar refractivity (Wildman–Crippen MR) is 118 cm³/mol. The van der Waals surface area contributed by atoms with Gasteiger partial charge in [0.15, 0.2) is 6.23 Å². The van der Waals surface area contributed by atoms with Crippen LogP contribution in [0.2, 0.25) is 0 Å². The van der Waals surface area contributed by atoms with Crippen LogP contribution in [0.25, 0.3) is 10.8 Å². The van der Waals surface area contributed by atoms with Crippen LogP contribution < -0.4 is 21.5 Å². The van der Waals surface area contributed by atoms with Crippen molar-refractivity contribution in [1.82, 2.24) is 14.9 Å². The number of nitrogens with one attached hydrogen (secondary N) is 2. The number of ether oxygens (including phenoxy) is 1. The lowest BCUT2D eigenvalue weighted by atomic mass is 10.0. The van der Waals surface area contributed by atoms with E-state index in [9.17, 15) is 24.6 Å². The van der Waals surface area contributed by atoms with Crippen molar-refractivity contribution < 1.29 is 19.7 Å². The van der Waals surface area contributed by atoms with Crippen LogP contribution in [0.4, 0.5) is 5.69 Å². The molecule has 3 aromatic rings. The highest BCUT2D eigenvalue weighted by atomic mass is 16.5. The van der Waals surface area contributed by atoms with Crippen molar-refractivity contribution in [3.8, 4) is 0 Å². The molecule has 1 aliphatic rings. The van der Waals surface area contributed by atoms with E-state index in [4.69, 9.17) is 4.74 Å². The first-order valence-electron chi connectivity index (χ1n) is 10.1. The molecule has 4 atom stereocenters. The molecule has 0 radical (unpaired) electrons. The maximum Gasteiger partial charge on any atom is 0.330 e. The van der Waals surface area contributed by atoms with Crippen LogP contribution >= 0.6 is 0 Å². The number of rotatable bonds is 5. The van der Waals surface area contributed by atoms with E-state index < -0.39 is 48.2 Å². The third-order valence-corrected chi connectivity index (χ3v) is 5.58. The average molecular weight is 440 g/mol. The molecule has 1 aromatic heterocycles. The van der Waals surface area contributed by atoms with E-state index in [0.717, 1.165) is 27.1 Å². The van der Waals surface area contributed by atoms with Crippen LogP contribution in [0.1, 0.15) is 16.6 Å². The summed E-state index contributed by atoms with van der Waals surface area (Å²) < 4.78 is 6.67. The van der Waals surface area contributed by atoms with Gasteiger partial charge in [-0.25, -0.2) is 4.79 Å². The summed E-state index contributed by atoms with van der Waals surface area (Å²) in [6.45, 7) is -0.508. The summed E-state index contributed by atoms with van der Waals surface area (Å²) in [4.78, 5) is 40.7. The Labute approximate surface area is 182 Å². The van der Waals surface area contributed by atoms with Gasteiger partial charge < -0.3 is 25.2 Å². The second-order valence-corrected chi connectivity index (χ2v) is 7.90. The lowest BCUT2D eigenvalue weighted by Crippen LogP contribution is -2.48. The number of hydrogen-bond acceptors (Lipinski definition) is 7. The summed E-state index contributed by atoms with van der Waals surface area (Å²) in [5.41, 5.74) is 0.0556. The molecule has 168 valence electrons. The molecule has 10 heteroatoms. The Morgan fingerprint density at radius 1 is 1.16 bits per heavy atom.